The fourth-order valence-electron chi connectivity index (χ4n) is 1.90. The van der Waals surface area contributed by atoms with Crippen LogP contribution in [-0.4, -0.2) is 6.54 Å². The summed E-state index contributed by atoms with van der Waals surface area (Å²) in [5.74, 6) is -0.262. The SMILES string of the molecule is Cc1ccc(NC(CN)c2ccc(F)cc2Br)cc1. The van der Waals surface area contributed by atoms with Gasteiger partial charge in [-0.25, -0.2) is 4.39 Å². The third-order valence-electron chi connectivity index (χ3n) is 2.97. The first-order chi connectivity index (χ1) is 9.10. The summed E-state index contributed by atoms with van der Waals surface area (Å²) in [6.07, 6.45) is 0. The normalized spacial score (nSPS) is 12.2. The average molecular weight is 323 g/mol. The fraction of sp³-hybridized carbons (Fsp3) is 0.200. The minimum Gasteiger partial charge on any atom is -0.377 e. The van der Waals surface area contributed by atoms with Crippen LogP contribution in [0.25, 0.3) is 0 Å². The lowest BCUT2D eigenvalue weighted by atomic mass is 10.1. The van der Waals surface area contributed by atoms with Crippen LogP contribution in [0.5, 0.6) is 0 Å². The van der Waals surface area contributed by atoms with Crippen LogP contribution < -0.4 is 11.1 Å². The molecule has 0 bridgehead atoms. The third-order valence-corrected chi connectivity index (χ3v) is 3.65. The van der Waals surface area contributed by atoms with E-state index in [1.165, 1.54) is 17.7 Å². The van der Waals surface area contributed by atoms with Crippen molar-refractivity contribution in [2.75, 3.05) is 11.9 Å². The van der Waals surface area contributed by atoms with Crippen LogP contribution in [0.4, 0.5) is 10.1 Å². The summed E-state index contributed by atoms with van der Waals surface area (Å²) in [5, 5.41) is 3.36. The molecule has 2 aromatic carbocycles. The van der Waals surface area contributed by atoms with Crippen LogP contribution in [-0.2, 0) is 0 Å². The zero-order chi connectivity index (χ0) is 13.8. The molecule has 4 heteroatoms. The molecule has 2 rings (SSSR count). The minimum atomic E-state index is -0.262. The van der Waals surface area contributed by atoms with Crippen molar-refractivity contribution in [2.45, 2.75) is 13.0 Å². The number of hydrogen-bond donors (Lipinski definition) is 2. The molecular weight excluding hydrogens is 307 g/mol. The van der Waals surface area contributed by atoms with Crippen LogP contribution in [0.1, 0.15) is 17.2 Å². The van der Waals surface area contributed by atoms with Crippen molar-refractivity contribution in [3.63, 3.8) is 0 Å². The molecule has 0 radical (unpaired) electrons. The van der Waals surface area contributed by atoms with E-state index in [-0.39, 0.29) is 11.9 Å². The summed E-state index contributed by atoms with van der Waals surface area (Å²) in [7, 11) is 0. The minimum absolute atomic E-state index is 0.0577. The molecule has 0 aromatic heterocycles. The van der Waals surface area contributed by atoms with E-state index in [1.54, 1.807) is 6.07 Å². The summed E-state index contributed by atoms with van der Waals surface area (Å²) < 4.78 is 13.8. The number of benzene rings is 2. The van der Waals surface area contributed by atoms with Gasteiger partial charge in [0.2, 0.25) is 0 Å². The Morgan fingerprint density at radius 3 is 2.47 bits per heavy atom. The van der Waals surface area contributed by atoms with Crippen molar-refractivity contribution in [3.05, 3.63) is 63.9 Å². The number of halogens is 2. The van der Waals surface area contributed by atoms with Crippen molar-refractivity contribution in [2.24, 2.45) is 5.73 Å². The maximum absolute atomic E-state index is 13.1. The highest BCUT2D eigenvalue weighted by Crippen LogP contribution is 2.26. The van der Waals surface area contributed by atoms with Gasteiger partial charge in [0.15, 0.2) is 0 Å². The third kappa shape index (κ3) is 3.55. The quantitative estimate of drug-likeness (QED) is 0.892. The van der Waals surface area contributed by atoms with Gasteiger partial charge in [0, 0.05) is 16.7 Å². The second kappa shape index (κ2) is 6.17. The van der Waals surface area contributed by atoms with Crippen molar-refractivity contribution >= 4 is 21.6 Å². The van der Waals surface area contributed by atoms with E-state index in [0.29, 0.717) is 6.54 Å². The second-order valence-electron chi connectivity index (χ2n) is 4.46. The summed E-state index contributed by atoms with van der Waals surface area (Å²) in [5.41, 5.74) is 8.96. The van der Waals surface area contributed by atoms with E-state index in [1.807, 2.05) is 31.2 Å². The van der Waals surface area contributed by atoms with E-state index in [9.17, 15) is 4.39 Å². The van der Waals surface area contributed by atoms with Crippen molar-refractivity contribution < 1.29 is 4.39 Å². The maximum atomic E-state index is 13.1. The molecule has 0 saturated carbocycles. The average Bonchev–Trinajstić information content (AvgIpc) is 2.39. The molecule has 1 atom stereocenters. The summed E-state index contributed by atoms with van der Waals surface area (Å²) in [6, 6.07) is 12.7. The van der Waals surface area contributed by atoms with E-state index in [0.717, 1.165) is 15.7 Å². The fourth-order valence-corrected chi connectivity index (χ4v) is 2.53. The molecule has 0 fully saturated rings. The van der Waals surface area contributed by atoms with E-state index < -0.39 is 0 Å². The monoisotopic (exact) mass is 322 g/mol. The highest BCUT2D eigenvalue weighted by Gasteiger charge is 2.13. The van der Waals surface area contributed by atoms with Gasteiger partial charge in [0.1, 0.15) is 5.82 Å². The van der Waals surface area contributed by atoms with Gasteiger partial charge < -0.3 is 11.1 Å². The van der Waals surface area contributed by atoms with Gasteiger partial charge in [-0.2, -0.15) is 0 Å². The molecule has 0 amide bonds. The molecule has 0 aliphatic rings. The highest BCUT2D eigenvalue weighted by molar-refractivity contribution is 9.10. The van der Waals surface area contributed by atoms with E-state index in [2.05, 4.69) is 21.2 Å². The lowest BCUT2D eigenvalue weighted by Crippen LogP contribution is -2.21. The maximum Gasteiger partial charge on any atom is 0.124 e. The van der Waals surface area contributed by atoms with Gasteiger partial charge in [-0.3, -0.25) is 0 Å². The van der Waals surface area contributed by atoms with Crippen molar-refractivity contribution in [1.82, 2.24) is 0 Å². The van der Waals surface area contributed by atoms with E-state index in [4.69, 9.17) is 5.73 Å². The van der Waals surface area contributed by atoms with Gasteiger partial charge in [0.05, 0.1) is 6.04 Å². The smallest absolute Gasteiger partial charge is 0.124 e. The first-order valence-corrected chi connectivity index (χ1v) is 6.87. The van der Waals surface area contributed by atoms with Gasteiger partial charge in [0.25, 0.3) is 0 Å². The summed E-state index contributed by atoms with van der Waals surface area (Å²) >= 11 is 3.38. The molecule has 19 heavy (non-hydrogen) atoms. The van der Waals surface area contributed by atoms with E-state index >= 15 is 0 Å². The van der Waals surface area contributed by atoms with Crippen LogP contribution in [0, 0.1) is 12.7 Å². The Balaban J connectivity index is 2.22. The predicted octanol–water partition coefficient (Wildman–Crippen LogP) is 4.01. The largest absolute Gasteiger partial charge is 0.377 e. The van der Waals surface area contributed by atoms with Crippen molar-refractivity contribution in [3.8, 4) is 0 Å². The number of hydrogen-bond acceptors (Lipinski definition) is 2. The molecule has 0 spiro atoms. The Kier molecular flexibility index (Phi) is 4.56. The Bertz CT molecular complexity index is 555. The zero-order valence-corrected chi connectivity index (χ0v) is 12.2. The predicted molar refractivity (Wildman–Crippen MR) is 80.7 cm³/mol. The first kappa shape index (κ1) is 14.0. The highest BCUT2D eigenvalue weighted by atomic mass is 79.9. The Labute approximate surface area is 121 Å². The van der Waals surface area contributed by atoms with Crippen LogP contribution >= 0.6 is 15.9 Å². The molecule has 0 heterocycles. The lowest BCUT2D eigenvalue weighted by Gasteiger charge is -2.20. The Hall–Kier alpha value is -1.39. The summed E-state index contributed by atoms with van der Waals surface area (Å²) in [4.78, 5) is 0. The van der Waals surface area contributed by atoms with Crippen LogP contribution in [0.2, 0.25) is 0 Å². The molecule has 3 N–H and O–H groups in total. The molecule has 1 unspecified atom stereocenters. The molecule has 0 aliphatic carbocycles. The number of nitrogens with one attached hydrogen (secondary N) is 1. The van der Waals surface area contributed by atoms with Gasteiger partial charge in [-0.1, -0.05) is 39.7 Å². The van der Waals surface area contributed by atoms with Gasteiger partial charge in [-0.05, 0) is 36.8 Å². The Morgan fingerprint density at radius 2 is 1.89 bits per heavy atom. The molecular formula is C15H16BrFN2. The van der Waals surface area contributed by atoms with Gasteiger partial charge >= 0.3 is 0 Å². The first-order valence-electron chi connectivity index (χ1n) is 6.08. The number of anilines is 1. The number of rotatable bonds is 4. The second-order valence-corrected chi connectivity index (χ2v) is 5.32. The Morgan fingerprint density at radius 1 is 1.21 bits per heavy atom. The topological polar surface area (TPSA) is 38.0 Å². The van der Waals surface area contributed by atoms with Crippen molar-refractivity contribution in [1.29, 1.82) is 0 Å². The number of nitrogens with two attached hydrogens (primary N) is 1. The molecule has 2 aromatic rings. The van der Waals surface area contributed by atoms with Crippen LogP contribution in [0.15, 0.2) is 46.9 Å². The van der Waals surface area contributed by atoms with Crippen LogP contribution in [0.3, 0.4) is 0 Å². The lowest BCUT2D eigenvalue weighted by molar-refractivity contribution is 0.624. The zero-order valence-electron chi connectivity index (χ0n) is 10.7. The molecule has 0 saturated heterocycles. The summed E-state index contributed by atoms with van der Waals surface area (Å²) in [6.45, 7) is 2.47. The van der Waals surface area contributed by atoms with Gasteiger partial charge in [-0.15, -0.1) is 0 Å². The molecule has 100 valence electrons. The number of aryl methyl sites for hydroxylation is 1. The molecule has 2 nitrogen and oxygen atoms in total. The molecule has 0 aliphatic heterocycles. The standard InChI is InChI=1S/C15H16BrFN2/c1-10-2-5-12(6-3-10)19-15(9-18)13-7-4-11(17)8-14(13)16/h2-8,15,19H,9,18H2,1H3.